The summed E-state index contributed by atoms with van der Waals surface area (Å²) in [5, 5.41) is 3.37. The second-order valence-electron chi connectivity index (χ2n) is 7.89. The van der Waals surface area contributed by atoms with Crippen LogP contribution in [-0.4, -0.2) is 35.8 Å². The molecular weight excluding hydrogens is 350 g/mol. The number of rotatable bonds is 1. The van der Waals surface area contributed by atoms with Crippen LogP contribution in [0.5, 0.6) is 0 Å². The van der Waals surface area contributed by atoms with Crippen LogP contribution >= 0.6 is 11.8 Å². The van der Waals surface area contributed by atoms with Gasteiger partial charge >= 0.3 is 6.09 Å². The number of alkyl carbamates (subject to hydrolysis) is 1. The van der Waals surface area contributed by atoms with Crippen LogP contribution in [0.3, 0.4) is 0 Å². The smallest absolute Gasteiger partial charge is 0.413 e. The molecule has 3 N–H and O–H groups in total. The fourth-order valence-electron chi connectivity index (χ4n) is 3.47. The molecular formula is C19H27N3O3S. The second kappa shape index (κ2) is 7.12. The summed E-state index contributed by atoms with van der Waals surface area (Å²) < 4.78 is 11.2. The first-order valence-electron chi connectivity index (χ1n) is 8.87. The summed E-state index contributed by atoms with van der Waals surface area (Å²) in [6.07, 6.45) is 0.447. The largest absolute Gasteiger partial charge is 0.444 e. The number of carbonyl (C=O) groups excluding carboxylic acids is 1. The van der Waals surface area contributed by atoms with Gasteiger partial charge in [-0.05, 0) is 57.4 Å². The summed E-state index contributed by atoms with van der Waals surface area (Å²) in [4.78, 5) is 17.1. The second-order valence-corrected chi connectivity index (χ2v) is 8.90. The predicted octanol–water partition coefficient (Wildman–Crippen LogP) is 3.44. The first-order valence-corrected chi connectivity index (χ1v) is 9.85. The number of nitrogens with two attached hydrogens (primary N) is 1. The molecule has 0 bridgehead atoms. The van der Waals surface area contributed by atoms with Crippen LogP contribution in [0, 0.1) is 12.8 Å². The first-order chi connectivity index (χ1) is 12.2. The van der Waals surface area contributed by atoms with E-state index in [-0.39, 0.29) is 0 Å². The quantitative estimate of drug-likeness (QED) is 0.732. The van der Waals surface area contributed by atoms with Crippen LogP contribution in [-0.2, 0) is 15.0 Å². The van der Waals surface area contributed by atoms with Crippen molar-refractivity contribution in [1.82, 2.24) is 5.32 Å². The SMILES string of the molecule is Cc1ccc(N)cc1[C@]12COCC[C@H]1CSC(NC(=O)OC(C)(C)C)=N2. The average molecular weight is 378 g/mol. The number of amidine groups is 1. The van der Waals surface area contributed by atoms with Gasteiger partial charge in [-0.3, -0.25) is 5.32 Å². The number of nitrogens with zero attached hydrogens (tertiary/aromatic N) is 1. The number of nitrogens with one attached hydrogen (secondary N) is 1. The maximum Gasteiger partial charge on any atom is 0.413 e. The Bertz CT molecular complexity index is 729. The molecule has 0 unspecified atom stereocenters. The average Bonchev–Trinajstić information content (AvgIpc) is 2.55. The third kappa shape index (κ3) is 3.99. The lowest BCUT2D eigenvalue weighted by molar-refractivity contribution is 0.00403. The number of benzene rings is 1. The minimum absolute atomic E-state index is 0.339. The van der Waals surface area contributed by atoms with E-state index >= 15 is 0 Å². The zero-order valence-electron chi connectivity index (χ0n) is 15.8. The highest BCUT2D eigenvalue weighted by Crippen LogP contribution is 2.46. The molecule has 2 atom stereocenters. The molecule has 0 aromatic heterocycles. The highest BCUT2D eigenvalue weighted by molar-refractivity contribution is 8.13. The fourth-order valence-corrected chi connectivity index (χ4v) is 4.65. The summed E-state index contributed by atoms with van der Waals surface area (Å²) in [5.74, 6) is 1.21. The number of thioether (sulfide) groups is 1. The Labute approximate surface area is 158 Å². The number of aryl methyl sites for hydroxylation is 1. The number of amides is 1. The summed E-state index contributed by atoms with van der Waals surface area (Å²) in [7, 11) is 0. The molecule has 0 saturated carbocycles. The van der Waals surface area contributed by atoms with Gasteiger partial charge in [-0.2, -0.15) is 0 Å². The van der Waals surface area contributed by atoms with E-state index in [2.05, 4.69) is 12.2 Å². The Morgan fingerprint density at radius 1 is 1.46 bits per heavy atom. The Kier molecular flexibility index (Phi) is 5.21. The van der Waals surface area contributed by atoms with Gasteiger partial charge in [-0.15, -0.1) is 0 Å². The number of anilines is 1. The predicted molar refractivity (Wildman–Crippen MR) is 105 cm³/mol. The van der Waals surface area contributed by atoms with Gasteiger partial charge in [0.15, 0.2) is 5.17 Å². The lowest BCUT2D eigenvalue weighted by Gasteiger charge is -2.44. The third-order valence-corrected chi connectivity index (χ3v) is 5.70. The molecule has 3 rings (SSSR count). The maximum absolute atomic E-state index is 12.2. The van der Waals surface area contributed by atoms with Crippen LogP contribution in [0.15, 0.2) is 23.2 Å². The highest BCUT2D eigenvalue weighted by atomic mass is 32.2. The topological polar surface area (TPSA) is 85.9 Å². The van der Waals surface area contributed by atoms with E-state index in [1.165, 1.54) is 0 Å². The number of hydrogen-bond acceptors (Lipinski definition) is 6. The van der Waals surface area contributed by atoms with Crippen molar-refractivity contribution >= 4 is 28.7 Å². The molecule has 0 aliphatic carbocycles. The Morgan fingerprint density at radius 3 is 2.96 bits per heavy atom. The van der Waals surface area contributed by atoms with Crippen LogP contribution < -0.4 is 11.1 Å². The molecule has 7 heteroatoms. The molecule has 0 spiro atoms. The molecule has 1 amide bonds. The molecule has 2 aliphatic heterocycles. The number of hydrogen-bond donors (Lipinski definition) is 2. The molecule has 1 fully saturated rings. The summed E-state index contributed by atoms with van der Waals surface area (Å²) in [6, 6.07) is 5.90. The minimum Gasteiger partial charge on any atom is -0.444 e. The summed E-state index contributed by atoms with van der Waals surface area (Å²) in [5.41, 5.74) is 7.89. The number of fused-ring (bicyclic) bond motifs is 1. The molecule has 6 nitrogen and oxygen atoms in total. The highest BCUT2D eigenvalue weighted by Gasteiger charge is 2.47. The number of ether oxygens (including phenoxy) is 2. The van der Waals surface area contributed by atoms with E-state index in [0.717, 1.165) is 29.9 Å². The van der Waals surface area contributed by atoms with Crippen LogP contribution in [0.2, 0.25) is 0 Å². The van der Waals surface area contributed by atoms with E-state index in [1.807, 2.05) is 39.0 Å². The van der Waals surface area contributed by atoms with E-state index in [0.29, 0.717) is 23.4 Å². The molecule has 0 radical (unpaired) electrons. The van der Waals surface area contributed by atoms with Crippen molar-refractivity contribution in [1.29, 1.82) is 0 Å². The van der Waals surface area contributed by atoms with Crippen molar-refractivity contribution in [3.63, 3.8) is 0 Å². The normalized spacial score (nSPS) is 25.8. The van der Waals surface area contributed by atoms with Gasteiger partial charge in [0, 0.05) is 24.0 Å². The standard InChI is InChI=1S/C19H27N3O3S/c1-12-5-6-14(20)9-15(12)19-11-24-8-7-13(19)10-26-16(22-19)21-17(23)25-18(2,3)4/h5-6,9,13H,7-8,10-11,20H2,1-4H3,(H,21,22,23)/t13-,19-/m0/s1. The van der Waals surface area contributed by atoms with Crippen molar-refractivity contribution in [2.75, 3.05) is 24.7 Å². The van der Waals surface area contributed by atoms with Crippen LogP contribution in [0.4, 0.5) is 10.5 Å². The van der Waals surface area contributed by atoms with Crippen molar-refractivity contribution in [2.24, 2.45) is 10.9 Å². The van der Waals surface area contributed by atoms with Gasteiger partial charge in [0.1, 0.15) is 11.1 Å². The maximum atomic E-state index is 12.2. The minimum atomic E-state index is -0.553. The lowest BCUT2D eigenvalue weighted by atomic mass is 9.75. The molecule has 1 aromatic carbocycles. The summed E-state index contributed by atoms with van der Waals surface area (Å²) >= 11 is 1.56. The van der Waals surface area contributed by atoms with Crippen LogP contribution in [0.25, 0.3) is 0 Å². The Hall–Kier alpha value is -1.73. The molecule has 1 saturated heterocycles. The van der Waals surface area contributed by atoms with Crippen molar-refractivity contribution < 1.29 is 14.3 Å². The van der Waals surface area contributed by atoms with Gasteiger partial charge in [0.2, 0.25) is 0 Å². The van der Waals surface area contributed by atoms with E-state index < -0.39 is 17.2 Å². The molecule has 26 heavy (non-hydrogen) atoms. The Balaban J connectivity index is 1.95. The van der Waals surface area contributed by atoms with Crippen molar-refractivity contribution in [3.05, 3.63) is 29.3 Å². The summed E-state index contributed by atoms with van der Waals surface area (Å²) in [6.45, 7) is 8.80. The van der Waals surface area contributed by atoms with Gasteiger partial charge in [0.05, 0.1) is 6.61 Å². The fraction of sp³-hybridized carbons (Fsp3) is 0.579. The van der Waals surface area contributed by atoms with Gasteiger partial charge < -0.3 is 15.2 Å². The third-order valence-electron chi connectivity index (χ3n) is 4.67. The number of nitrogen functional groups attached to an aromatic ring is 1. The van der Waals surface area contributed by atoms with Gasteiger partial charge in [-0.1, -0.05) is 17.8 Å². The van der Waals surface area contributed by atoms with E-state index in [4.69, 9.17) is 20.2 Å². The lowest BCUT2D eigenvalue weighted by Crippen LogP contribution is -2.49. The monoisotopic (exact) mass is 377 g/mol. The molecule has 2 heterocycles. The molecule has 2 aliphatic rings. The van der Waals surface area contributed by atoms with Crippen molar-refractivity contribution in [3.8, 4) is 0 Å². The first kappa shape index (κ1) is 19.0. The van der Waals surface area contributed by atoms with E-state index in [9.17, 15) is 4.79 Å². The molecule has 1 aromatic rings. The zero-order valence-corrected chi connectivity index (χ0v) is 16.6. The Morgan fingerprint density at radius 2 is 2.23 bits per heavy atom. The number of aliphatic imine (C=N–C) groups is 1. The van der Waals surface area contributed by atoms with Gasteiger partial charge in [-0.25, -0.2) is 9.79 Å². The van der Waals surface area contributed by atoms with Gasteiger partial charge in [0.25, 0.3) is 0 Å². The van der Waals surface area contributed by atoms with Crippen LogP contribution in [0.1, 0.15) is 38.3 Å². The molecule has 142 valence electrons. The van der Waals surface area contributed by atoms with Crippen molar-refractivity contribution in [2.45, 2.75) is 45.3 Å². The zero-order chi connectivity index (χ0) is 18.9. The van der Waals surface area contributed by atoms with E-state index in [1.54, 1.807) is 11.8 Å². The number of carbonyl (C=O) groups is 1.